The maximum Gasteiger partial charge on any atom is 0.131 e. The van der Waals surface area contributed by atoms with E-state index in [9.17, 15) is 0 Å². The minimum Gasteiger partial charge on any atom is -0.457 e. The molecule has 0 radical (unpaired) electrons. The Hall–Kier alpha value is -12.1. The molecule has 0 amide bonds. The molecular weight excluding hydrogens is 1310 g/mol. The third-order valence-electron chi connectivity index (χ3n) is 19.4. The van der Waals surface area contributed by atoms with Gasteiger partial charge in [-0.05, 0) is 244 Å². The van der Waals surface area contributed by atoms with Gasteiger partial charge in [0.15, 0.2) is 0 Å². The Labute approximate surface area is 635 Å². The zero-order chi connectivity index (χ0) is 75.5. The normalized spacial score (nSPS) is 11.1. The fourth-order valence-electron chi connectivity index (χ4n) is 12.3. The number of ether oxygens (including phenoxy) is 6. The van der Waals surface area contributed by atoms with Gasteiger partial charge >= 0.3 is 0 Å². The van der Waals surface area contributed by atoms with Gasteiger partial charge in [0.05, 0.1) is 0 Å². The van der Waals surface area contributed by atoms with Crippen LogP contribution in [-0.2, 0) is 16.2 Å². The molecule has 0 saturated heterocycles. The molecule has 6 nitrogen and oxygen atoms in total. The maximum absolute atomic E-state index is 5.97. The molecule has 0 heterocycles. The second-order valence-electron chi connectivity index (χ2n) is 29.3. The van der Waals surface area contributed by atoms with E-state index in [4.69, 9.17) is 28.4 Å². The molecule has 14 aromatic carbocycles. The highest BCUT2D eigenvalue weighted by Gasteiger charge is 2.27. The van der Waals surface area contributed by atoms with Crippen molar-refractivity contribution in [3.05, 3.63) is 418 Å². The number of hydrogen-bond donors (Lipinski definition) is 0. The highest BCUT2D eigenvalue weighted by molar-refractivity contribution is 5.65. The third-order valence-corrected chi connectivity index (χ3v) is 19.4. The molecule has 0 fully saturated rings. The maximum atomic E-state index is 5.97. The van der Waals surface area contributed by atoms with Crippen molar-refractivity contribution in [3.63, 3.8) is 0 Å². The van der Waals surface area contributed by atoms with E-state index >= 15 is 0 Å². The number of aryl methyl sites for hydroxylation is 8. The largest absolute Gasteiger partial charge is 0.457 e. The number of rotatable bonds is 19. The van der Waals surface area contributed by atoms with Gasteiger partial charge in [-0.25, -0.2) is 0 Å². The van der Waals surface area contributed by atoms with Crippen LogP contribution in [0.4, 0.5) is 0 Å². The first-order valence-corrected chi connectivity index (χ1v) is 36.7. The Bertz CT molecular complexity index is 4780. The average Bonchev–Trinajstić information content (AvgIpc) is 0.801. The van der Waals surface area contributed by atoms with Crippen LogP contribution in [0.15, 0.2) is 340 Å². The van der Waals surface area contributed by atoms with Gasteiger partial charge in [0.25, 0.3) is 0 Å². The predicted molar refractivity (Wildman–Crippen MR) is 444 cm³/mol. The Morgan fingerprint density at radius 2 is 0.308 bits per heavy atom. The highest BCUT2D eigenvalue weighted by atomic mass is 16.5. The van der Waals surface area contributed by atoms with E-state index < -0.39 is 0 Å². The van der Waals surface area contributed by atoms with Gasteiger partial charge in [0.2, 0.25) is 0 Å². The molecule has 0 bridgehead atoms. The van der Waals surface area contributed by atoms with Crippen LogP contribution in [0.5, 0.6) is 69.0 Å². The molecule has 538 valence electrons. The van der Waals surface area contributed by atoms with Crippen molar-refractivity contribution >= 4 is 0 Å². The van der Waals surface area contributed by atoms with Gasteiger partial charge in [-0.1, -0.05) is 275 Å². The minimum absolute atomic E-state index is 0.000230. The average molecular weight is 1410 g/mol. The molecule has 107 heavy (non-hydrogen) atoms. The van der Waals surface area contributed by atoms with Crippen molar-refractivity contribution < 1.29 is 28.4 Å². The fourth-order valence-corrected chi connectivity index (χ4v) is 12.3. The molecular formula is C101H98O6. The van der Waals surface area contributed by atoms with E-state index in [2.05, 4.69) is 229 Å². The topological polar surface area (TPSA) is 55.4 Å². The molecule has 14 aromatic rings. The van der Waals surface area contributed by atoms with Crippen LogP contribution in [0.2, 0.25) is 0 Å². The lowest BCUT2D eigenvalue weighted by molar-refractivity contribution is 0.460. The van der Waals surface area contributed by atoms with Crippen molar-refractivity contribution in [1.82, 2.24) is 0 Å². The van der Waals surface area contributed by atoms with Crippen molar-refractivity contribution in [2.75, 3.05) is 0 Å². The molecule has 14 rings (SSSR count). The first kappa shape index (κ1) is 76.0. The van der Waals surface area contributed by atoms with Gasteiger partial charge in [-0.2, -0.15) is 0 Å². The van der Waals surface area contributed by atoms with Crippen molar-refractivity contribution in [1.29, 1.82) is 0 Å². The molecule has 0 aromatic heterocycles. The van der Waals surface area contributed by atoms with E-state index in [0.717, 1.165) is 80.1 Å². The van der Waals surface area contributed by atoms with Gasteiger partial charge in [-0.3, -0.25) is 0 Å². The van der Waals surface area contributed by atoms with E-state index in [1.54, 1.807) is 0 Å². The summed E-state index contributed by atoms with van der Waals surface area (Å²) in [4.78, 5) is 0. The summed E-state index contributed by atoms with van der Waals surface area (Å²) in [5.41, 5.74) is 19.9. The second-order valence-corrected chi connectivity index (χ2v) is 29.3. The lowest BCUT2D eigenvalue weighted by atomic mass is 9.74. The summed E-state index contributed by atoms with van der Waals surface area (Å²) in [6.07, 6.45) is 0. The Kier molecular flexibility index (Phi) is 24.9. The van der Waals surface area contributed by atoms with Gasteiger partial charge in [0, 0.05) is 22.3 Å². The van der Waals surface area contributed by atoms with Crippen LogP contribution in [0.3, 0.4) is 0 Å². The van der Waals surface area contributed by atoms with Crippen molar-refractivity contribution in [2.24, 2.45) is 0 Å². The summed E-state index contributed by atoms with van der Waals surface area (Å²) < 4.78 is 35.5. The first-order chi connectivity index (χ1) is 51.4. The molecule has 0 spiro atoms. The van der Waals surface area contributed by atoms with Crippen LogP contribution in [-0.4, -0.2) is 0 Å². The zero-order valence-electron chi connectivity index (χ0n) is 64.3. The number of hydrogen-bond acceptors (Lipinski definition) is 6. The van der Waals surface area contributed by atoms with Crippen molar-refractivity contribution in [2.45, 2.75) is 113 Å². The summed E-state index contributed by atoms with van der Waals surface area (Å²) in [6.45, 7) is 30.3. The molecule has 0 N–H and O–H groups in total. The SMILES string of the molecule is Cc1ccc(C(C)(C)c2ccc(C(C)(C)c3ccc(C)cc3)cc2)cc1.Cc1ccc(Oc2ccc(-c3ccc(Oc4ccc(C)cc4)cc3)cc2)cc1.Cc1ccc(Oc2ccc(C(C)(C)c3ccc(Oc4ccc(C)cc4)cc3)cc2)cc1.Cc1cccc(Oc2cccc(Oc3cccc(C)c3)c2)c1. The lowest BCUT2D eigenvalue weighted by Crippen LogP contribution is -2.21. The summed E-state index contributed by atoms with van der Waals surface area (Å²) in [5.74, 6) is 9.89. The molecule has 6 heteroatoms. The van der Waals surface area contributed by atoms with Crippen LogP contribution < -0.4 is 28.4 Å². The monoisotopic (exact) mass is 1410 g/mol. The molecule has 0 aliphatic heterocycles. The van der Waals surface area contributed by atoms with Crippen LogP contribution in [0.1, 0.15) is 119 Å². The fraction of sp³-hybridized carbons (Fsp3) is 0.168. The van der Waals surface area contributed by atoms with E-state index in [1.807, 2.05) is 208 Å². The highest BCUT2D eigenvalue weighted by Crippen LogP contribution is 2.39. The van der Waals surface area contributed by atoms with E-state index in [-0.39, 0.29) is 16.2 Å². The third kappa shape index (κ3) is 21.5. The zero-order valence-corrected chi connectivity index (χ0v) is 64.3. The van der Waals surface area contributed by atoms with Crippen LogP contribution >= 0.6 is 0 Å². The van der Waals surface area contributed by atoms with Crippen LogP contribution in [0, 0.1) is 55.4 Å². The molecule has 0 saturated carbocycles. The summed E-state index contributed by atoms with van der Waals surface area (Å²) in [5, 5.41) is 0. The van der Waals surface area contributed by atoms with E-state index in [0.29, 0.717) is 0 Å². The second kappa shape index (κ2) is 35.1. The van der Waals surface area contributed by atoms with Crippen molar-refractivity contribution in [3.8, 4) is 80.1 Å². The van der Waals surface area contributed by atoms with Crippen LogP contribution in [0.25, 0.3) is 11.1 Å². The Morgan fingerprint density at radius 1 is 0.150 bits per heavy atom. The lowest BCUT2D eigenvalue weighted by Gasteiger charge is -2.29. The van der Waals surface area contributed by atoms with E-state index in [1.165, 1.54) is 77.9 Å². The summed E-state index contributed by atoms with van der Waals surface area (Å²) in [7, 11) is 0. The smallest absolute Gasteiger partial charge is 0.131 e. The molecule has 0 unspecified atom stereocenters. The Balaban J connectivity index is 0.000000143. The quantitative estimate of drug-likeness (QED) is 0.0804. The first-order valence-electron chi connectivity index (χ1n) is 36.7. The molecule has 0 atom stereocenters. The number of benzene rings is 14. The predicted octanol–water partition coefficient (Wildman–Crippen LogP) is 28.6. The molecule has 0 aliphatic carbocycles. The summed E-state index contributed by atoms with van der Waals surface area (Å²) >= 11 is 0. The van der Waals surface area contributed by atoms with Gasteiger partial charge < -0.3 is 28.4 Å². The minimum atomic E-state index is -0.134. The standard InChI is InChI=1S/C29H28O2.C26H22O2.C26H30.C20H18O2/c1-21-5-13-25(14-6-21)30-27-17-9-23(10-18-27)29(3,4)24-11-19-28(20-12-24)31-26-15-7-22(2)8-16-26;1-19-3-11-23(12-4-19)27-25-15-7-21(8-16-25)22-9-17-26(18-10-22)28-24-13-5-20(2)6-14-24;1-19-7-11-21(12-8-19)25(3,4)23-15-17-24(18-16-23)26(5,6)22-13-9-20(2)10-14-22;1-15-6-3-8-17(12-15)21-19-10-5-11-20(14-19)22-18-9-4-7-16(2)13-18/h5-20H,1-4H3;3-18H,1-2H3;7-18H,1-6H3;3-14H,1-2H3. The van der Waals surface area contributed by atoms with Gasteiger partial charge in [-0.15, -0.1) is 0 Å². The van der Waals surface area contributed by atoms with Gasteiger partial charge in [0.1, 0.15) is 69.0 Å². The summed E-state index contributed by atoms with van der Waals surface area (Å²) in [6, 6.07) is 116. The Morgan fingerprint density at radius 3 is 0.533 bits per heavy atom. The molecule has 0 aliphatic rings.